The molecule has 2 N–H and O–H groups in total. The van der Waals surface area contributed by atoms with E-state index in [1.54, 1.807) is 17.7 Å². The predicted octanol–water partition coefficient (Wildman–Crippen LogP) is 1.29. The Labute approximate surface area is 121 Å². The van der Waals surface area contributed by atoms with E-state index in [4.69, 9.17) is 5.11 Å². The van der Waals surface area contributed by atoms with Gasteiger partial charge in [-0.15, -0.1) is 0 Å². The van der Waals surface area contributed by atoms with Gasteiger partial charge in [-0.25, -0.2) is 18.1 Å². The van der Waals surface area contributed by atoms with Crippen LogP contribution in [0.15, 0.2) is 11.2 Å². The number of hydrogen-bond acceptors (Lipinski definition) is 4. The summed E-state index contributed by atoms with van der Waals surface area (Å²) in [7, 11) is -3.57. The van der Waals surface area contributed by atoms with Gasteiger partial charge in [0.1, 0.15) is 5.82 Å². The van der Waals surface area contributed by atoms with Crippen molar-refractivity contribution in [2.75, 3.05) is 13.2 Å². The van der Waals surface area contributed by atoms with E-state index in [2.05, 4.69) is 9.71 Å². The van der Waals surface area contributed by atoms with Gasteiger partial charge in [0.25, 0.3) is 10.0 Å². The molecule has 0 saturated heterocycles. The van der Waals surface area contributed by atoms with Crippen molar-refractivity contribution in [3.05, 3.63) is 12.0 Å². The van der Waals surface area contributed by atoms with E-state index in [0.29, 0.717) is 25.3 Å². The van der Waals surface area contributed by atoms with Crippen molar-refractivity contribution in [2.24, 2.45) is 5.92 Å². The second-order valence-corrected chi connectivity index (χ2v) is 6.65. The topological polar surface area (TPSA) is 84.2 Å². The lowest BCUT2D eigenvalue weighted by molar-refractivity contribution is 0.251. The highest BCUT2D eigenvalue weighted by Crippen LogP contribution is 2.13. The van der Waals surface area contributed by atoms with Crippen LogP contribution in [0.5, 0.6) is 0 Å². The first-order chi connectivity index (χ1) is 9.44. The Balaban J connectivity index is 2.73. The van der Waals surface area contributed by atoms with E-state index in [1.807, 2.05) is 13.8 Å². The molecule has 0 aromatic carbocycles. The minimum atomic E-state index is -3.57. The largest absolute Gasteiger partial charge is 0.396 e. The molecule has 6 nitrogen and oxygen atoms in total. The minimum absolute atomic E-state index is 0.0658. The van der Waals surface area contributed by atoms with E-state index < -0.39 is 10.0 Å². The zero-order valence-corrected chi connectivity index (χ0v) is 13.3. The third kappa shape index (κ3) is 4.57. The van der Waals surface area contributed by atoms with Crippen LogP contribution in [0, 0.1) is 12.8 Å². The molecule has 0 radical (unpaired) electrons. The van der Waals surface area contributed by atoms with E-state index in [1.165, 1.54) is 0 Å². The van der Waals surface area contributed by atoms with Gasteiger partial charge < -0.3 is 9.67 Å². The van der Waals surface area contributed by atoms with Crippen LogP contribution in [0.4, 0.5) is 0 Å². The molecule has 1 atom stereocenters. The molecule has 0 bridgehead atoms. The molecule has 0 aliphatic heterocycles. The molecule has 7 heteroatoms. The first-order valence-electron chi connectivity index (χ1n) is 7.08. The van der Waals surface area contributed by atoms with Gasteiger partial charge in [0, 0.05) is 25.9 Å². The lowest BCUT2D eigenvalue weighted by atomic mass is 10.0. The van der Waals surface area contributed by atoms with Crippen molar-refractivity contribution in [3.8, 4) is 0 Å². The Bertz CT molecular complexity index is 505. The Morgan fingerprint density at radius 2 is 2.10 bits per heavy atom. The number of imidazole rings is 1. The molecule has 1 rings (SSSR count). The maximum absolute atomic E-state index is 12.2. The molecule has 116 valence electrons. The normalized spacial score (nSPS) is 13.6. The van der Waals surface area contributed by atoms with Crippen LogP contribution in [0.3, 0.4) is 0 Å². The first kappa shape index (κ1) is 17.1. The second kappa shape index (κ2) is 7.75. The maximum atomic E-state index is 12.2. The summed E-state index contributed by atoms with van der Waals surface area (Å²) in [4.78, 5) is 4.09. The number of sulfonamides is 1. The maximum Gasteiger partial charge on any atom is 0.259 e. The molecular formula is C13H25N3O3S. The Kier molecular flexibility index (Phi) is 6.64. The number of hydrogen-bond donors (Lipinski definition) is 2. The van der Waals surface area contributed by atoms with Crippen LogP contribution in [-0.4, -0.2) is 36.2 Å². The highest BCUT2D eigenvalue weighted by Gasteiger charge is 2.20. The summed E-state index contributed by atoms with van der Waals surface area (Å²) in [5, 5.41) is 9.05. The lowest BCUT2D eigenvalue weighted by Gasteiger charge is -2.15. The SMILES string of the molecule is CCCC(CCO)CNS(=O)(=O)c1cn(CC)c(C)n1. The minimum Gasteiger partial charge on any atom is -0.396 e. The van der Waals surface area contributed by atoms with Crippen molar-refractivity contribution >= 4 is 10.0 Å². The van der Waals surface area contributed by atoms with Gasteiger partial charge in [0.2, 0.25) is 0 Å². The lowest BCUT2D eigenvalue weighted by Crippen LogP contribution is -2.30. The second-order valence-electron chi connectivity index (χ2n) is 4.93. The molecule has 0 fully saturated rings. The van der Waals surface area contributed by atoms with Crippen molar-refractivity contribution < 1.29 is 13.5 Å². The molecule has 0 aliphatic carbocycles. The van der Waals surface area contributed by atoms with Crippen molar-refractivity contribution in [2.45, 2.75) is 51.6 Å². The molecule has 0 saturated carbocycles. The quantitative estimate of drug-likeness (QED) is 0.720. The van der Waals surface area contributed by atoms with Gasteiger partial charge in [-0.1, -0.05) is 13.3 Å². The van der Waals surface area contributed by atoms with Crippen LogP contribution in [0.1, 0.15) is 38.9 Å². The van der Waals surface area contributed by atoms with E-state index >= 15 is 0 Å². The summed E-state index contributed by atoms with van der Waals surface area (Å²) in [5.74, 6) is 0.850. The molecule has 20 heavy (non-hydrogen) atoms. The fraction of sp³-hybridized carbons (Fsp3) is 0.769. The number of aliphatic hydroxyl groups excluding tert-OH is 1. The standard InChI is InChI=1S/C13H25N3O3S/c1-4-6-12(7-8-17)9-14-20(18,19)13-10-16(5-2)11(3)15-13/h10,12,14,17H,4-9H2,1-3H3. The smallest absolute Gasteiger partial charge is 0.259 e. The number of aromatic nitrogens is 2. The zero-order valence-electron chi connectivity index (χ0n) is 12.5. The van der Waals surface area contributed by atoms with Crippen LogP contribution >= 0.6 is 0 Å². The van der Waals surface area contributed by atoms with Crippen LogP contribution in [-0.2, 0) is 16.6 Å². The van der Waals surface area contributed by atoms with Crippen LogP contribution in [0.25, 0.3) is 0 Å². The molecule has 0 aliphatic rings. The monoisotopic (exact) mass is 303 g/mol. The van der Waals surface area contributed by atoms with Crippen LogP contribution in [0.2, 0.25) is 0 Å². The van der Waals surface area contributed by atoms with Crippen molar-refractivity contribution in [1.82, 2.24) is 14.3 Å². The Morgan fingerprint density at radius 3 is 2.60 bits per heavy atom. The van der Waals surface area contributed by atoms with E-state index in [9.17, 15) is 8.42 Å². The number of nitrogens with one attached hydrogen (secondary N) is 1. The van der Waals surface area contributed by atoms with E-state index in [-0.39, 0.29) is 17.6 Å². The Morgan fingerprint density at radius 1 is 1.40 bits per heavy atom. The number of aryl methyl sites for hydroxylation is 2. The molecular weight excluding hydrogens is 278 g/mol. The summed E-state index contributed by atoms with van der Waals surface area (Å²) in [5.41, 5.74) is 0. The average Bonchev–Trinajstić information content (AvgIpc) is 2.79. The summed E-state index contributed by atoms with van der Waals surface area (Å²) < 4.78 is 28.7. The summed E-state index contributed by atoms with van der Waals surface area (Å²) in [6.45, 7) is 6.89. The van der Waals surface area contributed by atoms with Crippen LogP contribution < -0.4 is 4.72 Å². The average molecular weight is 303 g/mol. The summed E-state index contributed by atoms with van der Waals surface area (Å²) >= 11 is 0. The van der Waals surface area contributed by atoms with Crippen molar-refractivity contribution in [3.63, 3.8) is 0 Å². The van der Waals surface area contributed by atoms with Gasteiger partial charge in [-0.05, 0) is 32.6 Å². The third-order valence-electron chi connectivity index (χ3n) is 3.37. The summed E-state index contributed by atoms with van der Waals surface area (Å²) in [6, 6.07) is 0. The Hall–Kier alpha value is -0.920. The molecule has 1 aromatic rings. The fourth-order valence-corrected chi connectivity index (χ4v) is 3.29. The van der Waals surface area contributed by atoms with Gasteiger partial charge >= 0.3 is 0 Å². The molecule has 0 spiro atoms. The van der Waals surface area contributed by atoms with Gasteiger partial charge in [-0.2, -0.15) is 0 Å². The third-order valence-corrected chi connectivity index (χ3v) is 4.66. The summed E-state index contributed by atoms with van der Waals surface area (Å²) in [6.07, 6.45) is 4.03. The number of rotatable bonds is 9. The fourth-order valence-electron chi connectivity index (χ4n) is 2.17. The van der Waals surface area contributed by atoms with Crippen molar-refractivity contribution in [1.29, 1.82) is 0 Å². The molecule has 1 aromatic heterocycles. The molecule has 1 heterocycles. The highest BCUT2D eigenvalue weighted by atomic mass is 32.2. The first-order valence-corrected chi connectivity index (χ1v) is 8.57. The number of aliphatic hydroxyl groups is 1. The zero-order chi connectivity index (χ0) is 15.2. The van der Waals surface area contributed by atoms with Gasteiger partial charge in [-0.3, -0.25) is 0 Å². The number of nitrogens with zero attached hydrogens (tertiary/aromatic N) is 2. The molecule has 1 unspecified atom stereocenters. The van der Waals surface area contributed by atoms with Gasteiger partial charge in [0.05, 0.1) is 0 Å². The predicted molar refractivity (Wildman–Crippen MR) is 77.9 cm³/mol. The van der Waals surface area contributed by atoms with E-state index in [0.717, 1.165) is 12.8 Å². The van der Waals surface area contributed by atoms with Gasteiger partial charge in [0.15, 0.2) is 5.03 Å². The highest BCUT2D eigenvalue weighted by molar-refractivity contribution is 7.89. The molecule has 0 amide bonds.